The standard InChI is InChI=1S/C26H20F4N2O3/c1-2-34-23-15-18(10-13-22(23)35-16-17-8-11-19(27)12-9-17)14-21-24(26(28,29)30)31-32(25(21)33)20-6-4-3-5-7-20/h3-15H,2,16H2,1H3/b21-14-. The number of carbonyl (C=O) groups is 1. The summed E-state index contributed by atoms with van der Waals surface area (Å²) in [6.45, 7) is 2.17. The van der Waals surface area contributed by atoms with Gasteiger partial charge in [0, 0.05) is 0 Å². The average Bonchev–Trinajstić information content (AvgIpc) is 3.17. The monoisotopic (exact) mass is 484 g/mol. The van der Waals surface area contributed by atoms with Crippen LogP contribution in [0.15, 0.2) is 83.5 Å². The number of carbonyl (C=O) groups excluding carboxylic acids is 1. The zero-order chi connectivity index (χ0) is 25.0. The van der Waals surface area contributed by atoms with E-state index in [1.165, 1.54) is 36.4 Å². The number of nitrogens with zero attached hydrogens (tertiary/aromatic N) is 2. The fourth-order valence-electron chi connectivity index (χ4n) is 3.41. The minimum atomic E-state index is -4.83. The molecule has 3 aromatic carbocycles. The number of hydrogen-bond donors (Lipinski definition) is 0. The lowest BCUT2D eigenvalue weighted by atomic mass is 10.1. The molecule has 0 bridgehead atoms. The van der Waals surface area contributed by atoms with Crippen LogP contribution in [0.2, 0.25) is 0 Å². The summed E-state index contributed by atoms with van der Waals surface area (Å²) in [6.07, 6.45) is -3.70. The maximum Gasteiger partial charge on any atom is 0.435 e. The van der Waals surface area contributed by atoms with E-state index in [4.69, 9.17) is 9.47 Å². The average molecular weight is 484 g/mol. The first-order valence-corrected chi connectivity index (χ1v) is 10.7. The molecule has 0 fully saturated rings. The molecule has 0 saturated carbocycles. The predicted molar refractivity (Wildman–Crippen MR) is 124 cm³/mol. The van der Waals surface area contributed by atoms with Crippen molar-refractivity contribution in [3.63, 3.8) is 0 Å². The quantitative estimate of drug-likeness (QED) is 0.299. The van der Waals surface area contributed by atoms with Gasteiger partial charge in [0.05, 0.1) is 17.9 Å². The van der Waals surface area contributed by atoms with E-state index < -0.39 is 23.4 Å². The Hall–Kier alpha value is -4.14. The number of halogens is 4. The van der Waals surface area contributed by atoms with Crippen molar-refractivity contribution in [2.75, 3.05) is 11.6 Å². The van der Waals surface area contributed by atoms with Crippen molar-refractivity contribution in [3.8, 4) is 11.5 Å². The molecule has 0 aromatic heterocycles. The minimum absolute atomic E-state index is 0.135. The largest absolute Gasteiger partial charge is 0.490 e. The molecule has 4 rings (SSSR count). The molecule has 1 aliphatic rings. The maximum atomic E-state index is 13.7. The van der Waals surface area contributed by atoms with Gasteiger partial charge < -0.3 is 9.47 Å². The number of hydrazone groups is 1. The van der Waals surface area contributed by atoms with Crippen molar-refractivity contribution in [1.29, 1.82) is 0 Å². The molecular weight excluding hydrogens is 464 g/mol. The fourth-order valence-corrected chi connectivity index (χ4v) is 3.41. The maximum absolute atomic E-state index is 13.7. The van der Waals surface area contributed by atoms with Crippen LogP contribution in [-0.2, 0) is 11.4 Å². The van der Waals surface area contributed by atoms with E-state index in [-0.39, 0.29) is 24.7 Å². The highest BCUT2D eigenvalue weighted by Crippen LogP contribution is 2.34. The Balaban J connectivity index is 1.64. The molecule has 1 aliphatic heterocycles. The second-order valence-corrected chi connectivity index (χ2v) is 7.51. The van der Waals surface area contributed by atoms with Gasteiger partial charge in [0.15, 0.2) is 17.2 Å². The first-order valence-electron chi connectivity index (χ1n) is 10.7. The molecule has 1 amide bonds. The number of benzene rings is 3. The highest BCUT2D eigenvalue weighted by atomic mass is 19.4. The lowest BCUT2D eigenvalue weighted by Crippen LogP contribution is -2.25. The van der Waals surface area contributed by atoms with Crippen LogP contribution in [0.4, 0.5) is 23.2 Å². The third kappa shape index (κ3) is 5.51. The van der Waals surface area contributed by atoms with E-state index >= 15 is 0 Å². The van der Waals surface area contributed by atoms with Crippen LogP contribution < -0.4 is 14.5 Å². The van der Waals surface area contributed by atoms with Crippen molar-refractivity contribution in [3.05, 3.63) is 95.3 Å². The van der Waals surface area contributed by atoms with Gasteiger partial charge in [-0.2, -0.15) is 23.3 Å². The Morgan fingerprint density at radius 3 is 2.31 bits per heavy atom. The van der Waals surface area contributed by atoms with Crippen molar-refractivity contribution in [2.24, 2.45) is 5.10 Å². The molecular formula is C26H20F4N2O3. The molecule has 35 heavy (non-hydrogen) atoms. The molecule has 0 unspecified atom stereocenters. The topological polar surface area (TPSA) is 51.1 Å². The van der Waals surface area contributed by atoms with Gasteiger partial charge in [-0.3, -0.25) is 4.79 Å². The fraction of sp³-hybridized carbons (Fsp3) is 0.154. The van der Waals surface area contributed by atoms with Gasteiger partial charge in [0.1, 0.15) is 12.4 Å². The van der Waals surface area contributed by atoms with Crippen LogP contribution in [0.1, 0.15) is 18.1 Å². The van der Waals surface area contributed by atoms with Crippen LogP contribution in [0, 0.1) is 5.82 Å². The Kier molecular flexibility index (Phi) is 6.86. The summed E-state index contributed by atoms with van der Waals surface area (Å²) in [5.74, 6) is -0.611. The van der Waals surface area contributed by atoms with Crippen molar-refractivity contribution in [2.45, 2.75) is 19.7 Å². The Morgan fingerprint density at radius 1 is 0.943 bits per heavy atom. The van der Waals surface area contributed by atoms with E-state index in [9.17, 15) is 22.4 Å². The zero-order valence-electron chi connectivity index (χ0n) is 18.6. The molecule has 0 radical (unpaired) electrons. The van der Waals surface area contributed by atoms with Crippen molar-refractivity contribution in [1.82, 2.24) is 0 Å². The minimum Gasteiger partial charge on any atom is -0.490 e. The van der Waals surface area contributed by atoms with E-state index in [0.717, 1.165) is 16.6 Å². The van der Waals surface area contributed by atoms with Crippen LogP contribution in [0.5, 0.6) is 11.5 Å². The summed E-state index contributed by atoms with van der Waals surface area (Å²) in [4.78, 5) is 12.9. The smallest absolute Gasteiger partial charge is 0.435 e. The molecule has 180 valence electrons. The van der Waals surface area contributed by atoms with Gasteiger partial charge in [-0.25, -0.2) is 4.39 Å². The zero-order valence-corrected chi connectivity index (χ0v) is 18.6. The van der Waals surface area contributed by atoms with Crippen molar-refractivity contribution < 1.29 is 31.8 Å². The third-order valence-electron chi connectivity index (χ3n) is 5.03. The van der Waals surface area contributed by atoms with Gasteiger partial charge in [0.2, 0.25) is 0 Å². The summed E-state index contributed by atoms with van der Waals surface area (Å²) in [7, 11) is 0. The molecule has 0 aliphatic carbocycles. The highest BCUT2D eigenvalue weighted by molar-refractivity contribution is 6.34. The number of amides is 1. The summed E-state index contributed by atoms with van der Waals surface area (Å²) in [5, 5.41) is 4.29. The second kappa shape index (κ2) is 10.0. The number of para-hydroxylation sites is 1. The Labute approximate surface area is 198 Å². The summed E-state index contributed by atoms with van der Waals surface area (Å²) in [5.41, 5.74) is -0.603. The predicted octanol–water partition coefficient (Wildman–Crippen LogP) is 6.15. The molecule has 0 spiro atoms. The van der Waals surface area contributed by atoms with Crippen LogP contribution >= 0.6 is 0 Å². The highest BCUT2D eigenvalue weighted by Gasteiger charge is 2.46. The van der Waals surface area contributed by atoms with E-state index in [0.29, 0.717) is 17.1 Å². The SMILES string of the molecule is CCOc1cc(/C=C2\C(=O)N(c3ccccc3)N=C2C(F)(F)F)ccc1OCc1ccc(F)cc1. The number of anilines is 1. The molecule has 0 N–H and O–H groups in total. The Bertz CT molecular complexity index is 1270. The van der Waals surface area contributed by atoms with Gasteiger partial charge in [-0.05, 0) is 60.5 Å². The first kappa shape index (κ1) is 24.0. The summed E-state index contributed by atoms with van der Waals surface area (Å²) < 4.78 is 65.6. The lowest BCUT2D eigenvalue weighted by molar-refractivity contribution is -0.114. The number of alkyl halides is 3. The van der Waals surface area contributed by atoms with Crippen LogP contribution in [0.3, 0.4) is 0 Å². The summed E-state index contributed by atoms with van der Waals surface area (Å²) >= 11 is 0. The van der Waals surface area contributed by atoms with E-state index in [1.54, 1.807) is 43.3 Å². The molecule has 1 heterocycles. The number of rotatable bonds is 7. The van der Waals surface area contributed by atoms with Gasteiger partial charge in [-0.15, -0.1) is 0 Å². The molecule has 9 heteroatoms. The third-order valence-corrected chi connectivity index (χ3v) is 5.03. The van der Waals surface area contributed by atoms with E-state index in [2.05, 4.69) is 5.10 Å². The number of ether oxygens (including phenoxy) is 2. The number of hydrogen-bond acceptors (Lipinski definition) is 4. The molecule has 3 aromatic rings. The van der Waals surface area contributed by atoms with Gasteiger partial charge in [-0.1, -0.05) is 36.4 Å². The first-order chi connectivity index (χ1) is 16.8. The lowest BCUT2D eigenvalue weighted by Gasteiger charge is -2.13. The van der Waals surface area contributed by atoms with Crippen LogP contribution in [0.25, 0.3) is 6.08 Å². The van der Waals surface area contributed by atoms with Gasteiger partial charge in [0.25, 0.3) is 5.91 Å². The van der Waals surface area contributed by atoms with Crippen molar-refractivity contribution >= 4 is 23.4 Å². The second-order valence-electron chi connectivity index (χ2n) is 7.51. The van der Waals surface area contributed by atoms with Crippen LogP contribution in [-0.4, -0.2) is 24.4 Å². The summed E-state index contributed by atoms with van der Waals surface area (Å²) in [6, 6.07) is 18.2. The normalized spacial score (nSPS) is 14.9. The van der Waals surface area contributed by atoms with E-state index in [1.807, 2.05) is 0 Å². The van der Waals surface area contributed by atoms with Gasteiger partial charge >= 0.3 is 6.18 Å². The molecule has 0 saturated heterocycles. The molecule has 0 atom stereocenters. The molecule has 5 nitrogen and oxygen atoms in total. The Morgan fingerprint density at radius 2 is 1.66 bits per heavy atom.